The standard InChI is InChI=1S/C10H18N2O/c1-7(2)12-8-3-6-11-9(13)10(8)4-5-10/h7-8,12H,3-6H2,1-2H3,(H,11,13)/t8-/m0/s1. The second-order valence-corrected chi connectivity index (χ2v) is 4.57. The zero-order valence-corrected chi connectivity index (χ0v) is 8.39. The molecule has 0 aromatic heterocycles. The molecule has 1 aliphatic heterocycles. The van der Waals surface area contributed by atoms with Gasteiger partial charge in [-0.05, 0) is 19.3 Å². The van der Waals surface area contributed by atoms with Gasteiger partial charge in [-0.1, -0.05) is 13.8 Å². The number of hydrogen-bond acceptors (Lipinski definition) is 2. The molecule has 1 amide bonds. The molecule has 3 nitrogen and oxygen atoms in total. The van der Waals surface area contributed by atoms with Crippen LogP contribution in [0, 0.1) is 5.41 Å². The molecule has 0 radical (unpaired) electrons. The summed E-state index contributed by atoms with van der Waals surface area (Å²) in [5, 5.41) is 6.46. The van der Waals surface area contributed by atoms with Crippen LogP contribution in [-0.2, 0) is 4.79 Å². The maximum Gasteiger partial charge on any atom is 0.227 e. The second-order valence-electron chi connectivity index (χ2n) is 4.57. The van der Waals surface area contributed by atoms with Crippen LogP contribution >= 0.6 is 0 Å². The van der Waals surface area contributed by atoms with E-state index in [1.54, 1.807) is 0 Å². The lowest BCUT2D eigenvalue weighted by Crippen LogP contribution is -2.54. The van der Waals surface area contributed by atoms with E-state index in [0.717, 1.165) is 25.8 Å². The molecule has 2 fully saturated rings. The first-order valence-corrected chi connectivity index (χ1v) is 5.19. The minimum atomic E-state index is -0.0253. The lowest BCUT2D eigenvalue weighted by Gasteiger charge is -2.33. The highest BCUT2D eigenvalue weighted by Crippen LogP contribution is 2.51. The number of piperidine rings is 1. The van der Waals surface area contributed by atoms with E-state index in [1.165, 1.54) is 0 Å². The van der Waals surface area contributed by atoms with E-state index in [1.807, 2.05) is 0 Å². The molecule has 1 aliphatic carbocycles. The van der Waals surface area contributed by atoms with E-state index in [2.05, 4.69) is 24.5 Å². The molecule has 1 atom stereocenters. The molecule has 1 heterocycles. The van der Waals surface area contributed by atoms with Crippen molar-refractivity contribution in [2.24, 2.45) is 5.41 Å². The van der Waals surface area contributed by atoms with E-state index in [-0.39, 0.29) is 11.3 Å². The molecule has 0 bridgehead atoms. The third kappa shape index (κ3) is 1.46. The molecular formula is C10H18N2O. The van der Waals surface area contributed by atoms with Gasteiger partial charge < -0.3 is 10.6 Å². The van der Waals surface area contributed by atoms with Crippen molar-refractivity contribution in [3.63, 3.8) is 0 Å². The number of hydrogen-bond donors (Lipinski definition) is 2. The number of carbonyl (C=O) groups excluding carboxylic acids is 1. The molecular weight excluding hydrogens is 164 g/mol. The zero-order chi connectivity index (χ0) is 9.47. The van der Waals surface area contributed by atoms with E-state index >= 15 is 0 Å². The average molecular weight is 182 g/mol. The highest BCUT2D eigenvalue weighted by atomic mass is 16.2. The number of amides is 1. The van der Waals surface area contributed by atoms with Crippen molar-refractivity contribution < 1.29 is 4.79 Å². The van der Waals surface area contributed by atoms with E-state index < -0.39 is 0 Å². The molecule has 74 valence electrons. The van der Waals surface area contributed by atoms with Crippen LogP contribution in [0.3, 0.4) is 0 Å². The quantitative estimate of drug-likeness (QED) is 0.658. The summed E-state index contributed by atoms with van der Waals surface area (Å²) in [5.74, 6) is 0.275. The van der Waals surface area contributed by atoms with Gasteiger partial charge in [-0.25, -0.2) is 0 Å². The first-order chi connectivity index (χ1) is 6.15. The summed E-state index contributed by atoms with van der Waals surface area (Å²) >= 11 is 0. The molecule has 0 aromatic rings. The van der Waals surface area contributed by atoms with Gasteiger partial charge in [0.05, 0.1) is 5.41 Å². The van der Waals surface area contributed by atoms with Crippen LogP contribution in [0.15, 0.2) is 0 Å². The lowest BCUT2D eigenvalue weighted by atomic mass is 9.89. The number of carbonyl (C=O) groups is 1. The molecule has 2 rings (SSSR count). The van der Waals surface area contributed by atoms with Crippen LogP contribution in [0.1, 0.15) is 33.1 Å². The Balaban J connectivity index is 2.05. The topological polar surface area (TPSA) is 41.1 Å². The van der Waals surface area contributed by atoms with Gasteiger partial charge in [0.2, 0.25) is 5.91 Å². The fraction of sp³-hybridized carbons (Fsp3) is 0.900. The van der Waals surface area contributed by atoms with Gasteiger partial charge in [0, 0.05) is 18.6 Å². The molecule has 0 unspecified atom stereocenters. The van der Waals surface area contributed by atoms with Crippen LogP contribution in [0.25, 0.3) is 0 Å². The third-order valence-electron chi connectivity index (χ3n) is 3.16. The van der Waals surface area contributed by atoms with Crippen LogP contribution < -0.4 is 10.6 Å². The van der Waals surface area contributed by atoms with Crippen molar-refractivity contribution >= 4 is 5.91 Å². The van der Waals surface area contributed by atoms with Gasteiger partial charge in [0.1, 0.15) is 0 Å². The molecule has 1 saturated heterocycles. The molecule has 3 heteroatoms. The van der Waals surface area contributed by atoms with Crippen molar-refractivity contribution in [1.29, 1.82) is 0 Å². The highest BCUT2D eigenvalue weighted by Gasteiger charge is 2.56. The fourth-order valence-corrected chi connectivity index (χ4v) is 2.30. The SMILES string of the molecule is CC(C)N[C@H]1CCNC(=O)C12CC2. The zero-order valence-electron chi connectivity index (χ0n) is 8.39. The highest BCUT2D eigenvalue weighted by molar-refractivity contribution is 5.87. The average Bonchev–Trinajstić information content (AvgIpc) is 2.80. The Morgan fingerprint density at radius 1 is 1.54 bits per heavy atom. The maximum atomic E-state index is 11.6. The van der Waals surface area contributed by atoms with Gasteiger partial charge in [0.15, 0.2) is 0 Å². The van der Waals surface area contributed by atoms with Crippen LogP contribution in [0.5, 0.6) is 0 Å². The predicted molar refractivity (Wildman–Crippen MR) is 51.4 cm³/mol. The Hall–Kier alpha value is -0.570. The monoisotopic (exact) mass is 182 g/mol. The van der Waals surface area contributed by atoms with Gasteiger partial charge in [-0.2, -0.15) is 0 Å². The van der Waals surface area contributed by atoms with E-state index in [9.17, 15) is 4.79 Å². The van der Waals surface area contributed by atoms with Gasteiger partial charge in [-0.3, -0.25) is 4.79 Å². The van der Waals surface area contributed by atoms with Crippen molar-refractivity contribution in [1.82, 2.24) is 10.6 Å². The summed E-state index contributed by atoms with van der Waals surface area (Å²) in [4.78, 5) is 11.6. The Kier molecular flexibility index (Phi) is 2.06. The Morgan fingerprint density at radius 2 is 2.23 bits per heavy atom. The summed E-state index contributed by atoms with van der Waals surface area (Å²) in [7, 11) is 0. The minimum absolute atomic E-state index is 0.0253. The predicted octanol–water partition coefficient (Wildman–Crippen LogP) is 0.653. The fourth-order valence-electron chi connectivity index (χ4n) is 2.30. The van der Waals surface area contributed by atoms with Crippen LogP contribution in [-0.4, -0.2) is 24.5 Å². The Labute approximate surface area is 79.3 Å². The largest absolute Gasteiger partial charge is 0.356 e. The summed E-state index contributed by atoms with van der Waals surface area (Å²) in [6.07, 6.45) is 3.23. The minimum Gasteiger partial charge on any atom is -0.356 e. The molecule has 0 aromatic carbocycles. The first kappa shape index (κ1) is 9.00. The molecule has 1 saturated carbocycles. The summed E-state index contributed by atoms with van der Waals surface area (Å²) in [5.41, 5.74) is -0.0253. The van der Waals surface area contributed by atoms with Gasteiger partial charge >= 0.3 is 0 Å². The molecule has 2 aliphatic rings. The maximum absolute atomic E-state index is 11.6. The van der Waals surface area contributed by atoms with Crippen LogP contribution in [0.4, 0.5) is 0 Å². The van der Waals surface area contributed by atoms with Crippen molar-refractivity contribution in [3.05, 3.63) is 0 Å². The summed E-state index contributed by atoms with van der Waals surface area (Å²) < 4.78 is 0. The van der Waals surface area contributed by atoms with E-state index in [4.69, 9.17) is 0 Å². The molecule has 13 heavy (non-hydrogen) atoms. The summed E-state index contributed by atoms with van der Waals surface area (Å²) in [6, 6.07) is 0.898. The van der Waals surface area contributed by atoms with Crippen molar-refractivity contribution in [2.45, 2.75) is 45.2 Å². The Bertz CT molecular complexity index is 221. The third-order valence-corrected chi connectivity index (χ3v) is 3.16. The number of rotatable bonds is 2. The lowest BCUT2D eigenvalue weighted by molar-refractivity contribution is -0.129. The summed E-state index contributed by atoms with van der Waals surface area (Å²) in [6.45, 7) is 5.12. The van der Waals surface area contributed by atoms with Crippen molar-refractivity contribution in [2.75, 3.05) is 6.54 Å². The Morgan fingerprint density at radius 3 is 2.77 bits per heavy atom. The van der Waals surface area contributed by atoms with E-state index in [0.29, 0.717) is 12.1 Å². The van der Waals surface area contributed by atoms with Gasteiger partial charge in [0.25, 0.3) is 0 Å². The molecule has 2 N–H and O–H groups in total. The molecule has 1 spiro atoms. The van der Waals surface area contributed by atoms with Crippen molar-refractivity contribution in [3.8, 4) is 0 Å². The smallest absolute Gasteiger partial charge is 0.227 e. The first-order valence-electron chi connectivity index (χ1n) is 5.19. The van der Waals surface area contributed by atoms with Crippen LogP contribution in [0.2, 0.25) is 0 Å². The number of nitrogens with one attached hydrogen (secondary N) is 2. The normalized spacial score (nSPS) is 30.7. The van der Waals surface area contributed by atoms with Gasteiger partial charge in [-0.15, -0.1) is 0 Å². The second kappa shape index (κ2) is 2.98.